The molecule has 0 heterocycles. The Labute approximate surface area is 66.5 Å². The molecule has 0 N–H and O–H groups in total. The lowest BCUT2D eigenvalue weighted by atomic mass is 10.1. The van der Waals surface area contributed by atoms with Crippen LogP contribution in [0.15, 0.2) is 0 Å². The third kappa shape index (κ3) is 3.85. The Hall–Kier alpha value is -0.0800. The van der Waals surface area contributed by atoms with Crippen molar-refractivity contribution < 1.29 is 9.53 Å². The summed E-state index contributed by atoms with van der Waals surface area (Å²) in [5, 5.41) is 0. The number of carbonyl (C=O) groups excluding carboxylic acids is 1. The molecule has 60 valence electrons. The van der Waals surface area contributed by atoms with Gasteiger partial charge in [-0.2, -0.15) is 0 Å². The lowest BCUT2D eigenvalue weighted by Crippen LogP contribution is -2.16. The van der Waals surface area contributed by atoms with Crippen LogP contribution in [-0.2, 0) is 9.53 Å². The number of ketones is 1. The molecular formula is C7H13ClO2. The first kappa shape index (κ1) is 9.92. The fourth-order valence-corrected chi connectivity index (χ4v) is 0.834. The zero-order valence-electron chi connectivity index (χ0n) is 6.39. The fourth-order valence-electron chi connectivity index (χ4n) is 0.599. The molecular weight excluding hydrogens is 152 g/mol. The van der Waals surface area contributed by atoms with Gasteiger partial charge in [0.15, 0.2) is 0 Å². The Bertz CT molecular complexity index is 99.8. The summed E-state index contributed by atoms with van der Waals surface area (Å²) in [5.74, 6) is 0.593. The summed E-state index contributed by atoms with van der Waals surface area (Å²) in [6.07, 6.45) is 0.905. The van der Waals surface area contributed by atoms with Gasteiger partial charge >= 0.3 is 0 Å². The molecule has 0 aliphatic rings. The van der Waals surface area contributed by atoms with E-state index < -0.39 is 0 Å². The van der Waals surface area contributed by atoms with E-state index in [1.165, 1.54) is 0 Å². The highest BCUT2D eigenvalue weighted by Crippen LogP contribution is 2.01. The quantitative estimate of drug-likeness (QED) is 0.578. The molecule has 0 aromatic carbocycles. The number of ether oxygens (including phenoxy) is 1. The van der Waals surface area contributed by atoms with Crippen LogP contribution in [0.1, 0.15) is 19.8 Å². The van der Waals surface area contributed by atoms with Crippen molar-refractivity contribution in [3.05, 3.63) is 0 Å². The van der Waals surface area contributed by atoms with Gasteiger partial charge in [0.1, 0.15) is 5.78 Å². The predicted octanol–water partition coefficient (Wildman–Crippen LogP) is 1.61. The zero-order chi connectivity index (χ0) is 7.98. The summed E-state index contributed by atoms with van der Waals surface area (Å²) in [7, 11) is 1.57. The number of alkyl halides is 1. The van der Waals surface area contributed by atoms with Gasteiger partial charge in [-0.1, -0.05) is 6.92 Å². The Kier molecular flexibility index (Phi) is 5.64. The number of Topliss-reactive ketones (excluding diaryl/α,β-unsaturated/α-hetero) is 1. The molecule has 0 spiro atoms. The van der Waals surface area contributed by atoms with Crippen LogP contribution >= 0.6 is 11.6 Å². The van der Waals surface area contributed by atoms with E-state index in [0.29, 0.717) is 18.7 Å². The van der Waals surface area contributed by atoms with Crippen LogP contribution in [0.5, 0.6) is 0 Å². The van der Waals surface area contributed by atoms with E-state index in [9.17, 15) is 4.79 Å². The van der Waals surface area contributed by atoms with E-state index in [-0.39, 0.29) is 11.9 Å². The predicted molar refractivity (Wildman–Crippen MR) is 41.4 cm³/mol. The largest absolute Gasteiger partial charge is 0.380 e. The Morgan fingerprint density at radius 3 is 2.60 bits per heavy atom. The van der Waals surface area contributed by atoms with Crippen molar-refractivity contribution in [2.75, 3.05) is 13.0 Å². The molecule has 0 fully saturated rings. The third-order valence-electron chi connectivity index (χ3n) is 1.36. The van der Waals surface area contributed by atoms with Crippen LogP contribution in [0.4, 0.5) is 0 Å². The molecule has 0 radical (unpaired) electrons. The van der Waals surface area contributed by atoms with Gasteiger partial charge < -0.3 is 4.74 Å². The van der Waals surface area contributed by atoms with Crippen LogP contribution in [0.3, 0.4) is 0 Å². The molecule has 0 aromatic heterocycles. The van der Waals surface area contributed by atoms with E-state index in [0.717, 1.165) is 0 Å². The van der Waals surface area contributed by atoms with Crippen LogP contribution in [0.25, 0.3) is 0 Å². The molecule has 1 unspecified atom stereocenters. The molecule has 10 heavy (non-hydrogen) atoms. The highest BCUT2D eigenvalue weighted by Gasteiger charge is 2.09. The molecule has 1 atom stereocenters. The van der Waals surface area contributed by atoms with Crippen molar-refractivity contribution in [1.82, 2.24) is 0 Å². The van der Waals surface area contributed by atoms with E-state index in [1.807, 2.05) is 6.92 Å². The Morgan fingerprint density at radius 1 is 1.70 bits per heavy atom. The van der Waals surface area contributed by atoms with E-state index >= 15 is 0 Å². The summed E-state index contributed by atoms with van der Waals surface area (Å²) in [6.45, 7) is 1.84. The SMILES string of the molecule is CCC(=O)CC(CCl)OC. The summed E-state index contributed by atoms with van der Waals surface area (Å²) >= 11 is 5.49. The molecule has 3 heteroatoms. The Morgan fingerprint density at radius 2 is 2.30 bits per heavy atom. The van der Waals surface area contributed by atoms with Gasteiger partial charge in [-0.05, 0) is 0 Å². The van der Waals surface area contributed by atoms with Crippen molar-refractivity contribution in [2.24, 2.45) is 0 Å². The van der Waals surface area contributed by atoms with Crippen LogP contribution < -0.4 is 0 Å². The number of hydrogen-bond acceptors (Lipinski definition) is 2. The number of methoxy groups -OCH3 is 1. The van der Waals surface area contributed by atoms with Crippen LogP contribution in [-0.4, -0.2) is 24.9 Å². The van der Waals surface area contributed by atoms with Gasteiger partial charge in [0.2, 0.25) is 0 Å². The number of halogens is 1. The second kappa shape index (κ2) is 5.69. The normalized spacial score (nSPS) is 13.1. The minimum absolute atomic E-state index is 0.103. The molecule has 0 aliphatic heterocycles. The first-order chi connectivity index (χ1) is 4.74. The van der Waals surface area contributed by atoms with Crippen molar-refractivity contribution in [3.8, 4) is 0 Å². The topological polar surface area (TPSA) is 26.3 Å². The number of rotatable bonds is 5. The van der Waals surface area contributed by atoms with Crippen molar-refractivity contribution >= 4 is 17.4 Å². The standard InChI is InChI=1S/C7H13ClO2/c1-3-6(9)4-7(5-8)10-2/h7H,3-5H2,1-2H3. The van der Waals surface area contributed by atoms with Crippen molar-refractivity contribution in [1.29, 1.82) is 0 Å². The molecule has 0 saturated carbocycles. The molecule has 0 aliphatic carbocycles. The first-order valence-electron chi connectivity index (χ1n) is 3.35. The van der Waals surface area contributed by atoms with Crippen molar-refractivity contribution in [2.45, 2.75) is 25.9 Å². The van der Waals surface area contributed by atoms with Crippen molar-refractivity contribution in [3.63, 3.8) is 0 Å². The zero-order valence-corrected chi connectivity index (χ0v) is 7.15. The maximum atomic E-state index is 10.8. The van der Waals surface area contributed by atoms with Crippen LogP contribution in [0, 0.1) is 0 Å². The van der Waals surface area contributed by atoms with Gasteiger partial charge in [-0.25, -0.2) is 0 Å². The number of carbonyl (C=O) groups is 1. The molecule has 0 bridgehead atoms. The molecule has 0 rings (SSSR count). The molecule has 2 nitrogen and oxygen atoms in total. The minimum Gasteiger partial charge on any atom is -0.380 e. The fraction of sp³-hybridized carbons (Fsp3) is 0.857. The summed E-state index contributed by atoms with van der Waals surface area (Å²) in [4.78, 5) is 10.8. The summed E-state index contributed by atoms with van der Waals surface area (Å²) < 4.78 is 4.92. The summed E-state index contributed by atoms with van der Waals surface area (Å²) in [6, 6.07) is 0. The van der Waals surface area contributed by atoms with Crippen LogP contribution in [0.2, 0.25) is 0 Å². The van der Waals surface area contributed by atoms with E-state index in [1.54, 1.807) is 7.11 Å². The minimum atomic E-state index is -0.103. The molecule has 0 aromatic rings. The summed E-state index contributed by atoms with van der Waals surface area (Å²) in [5.41, 5.74) is 0. The average Bonchev–Trinajstić information content (AvgIpc) is 1.99. The maximum absolute atomic E-state index is 10.8. The maximum Gasteiger partial charge on any atom is 0.135 e. The highest BCUT2D eigenvalue weighted by atomic mass is 35.5. The second-order valence-electron chi connectivity index (χ2n) is 2.11. The van der Waals surface area contributed by atoms with Gasteiger partial charge in [-0.15, -0.1) is 11.6 Å². The second-order valence-corrected chi connectivity index (χ2v) is 2.42. The first-order valence-corrected chi connectivity index (χ1v) is 3.88. The lowest BCUT2D eigenvalue weighted by molar-refractivity contribution is -0.120. The van der Waals surface area contributed by atoms with Gasteiger partial charge in [0.25, 0.3) is 0 Å². The molecule has 0 amide bonds. The van der Waals surface area contributed by atoms with E-state index in [2.05, 4.69) is 0 Å². The Balaban J connectivity index is 3.52. The monoisotopic (exact) mass is 164 g/mol. The highest BCUT2D eigenvalue weighted by molar-refractivity contribution is 6.18. The van der Waals surface area contributed by atoms with Gasteiger partial charge in [0.05, 0.1) is 6.10 Å². The lowest BCUT2D eigenvalue weighted by Gasteiger charge is -2.08. The van der Waals surface area contributed by atoms with Gasteiger partial charge in [0, 0.05) is 25.8 Å². The van der Waals surface area contributed by atoms with Gasteiger partial charge in [-0.3, -0.25) is 4.79 Å². The third-order valence-corrected chi connectivity index (χ3v) is 1.70. The average molecular weight is 165 g/mol. The molecule has 0 saturated heterocycles. The smallest absolute Gasteiger partial charge is 0.135 e. The van der Waals surface area contributed by atoms with E-state index in [4.69, 9.17) is 16.3 Å². The number of hydrogen-bond donors (Lipinski definition) is 0.